The first-order valence-corrected chi connectivity index (χ1v) is 9.87. The Bertz CT molecular complexity index is 456. The lowest BCUT2D eigenvalue weighted by Gasteiger charge is -2.36. The van der Waals surface area contributed by atoms with Gasteiger partial charge in [0, 0.05) is 0 Å². The monoisotopic (exact) mass is 327 g/mol. The largest absolute Gasteiger partial charge is 0.403 e. The lowest BCUT2D eigenvalue weighted by Crippen LogP contribution is -2.43. The summed E-state index contributed by atoms with van der Waals surface area (Å²) in [4.78, 5) is 0. The molecule has 1 aromatic carbocycles. The molecule has 0 saturated heterocycles. The molecule has 0 radical (unpaired) electrons. The number of benzene rings is 1. The molecule has 7 heteroatoms. The average molecular weight is 328 g/mol. The Morgan fingerprint density at radius 1 is 1.21 bits per heavy atom. The maximum absolute atomic E-state index is 13.4. The minimum Gasteiger partial charge on any atom is -0.403 e. The summed E-state index contributed by atoms with van der Waals surface area (Å²) in [6.07, 6.45) is -2.70. The number of hydrogen-bond donors (Lipinski definition) is 1. The third-order valence-electron chi connectivity index (χ3n) is 2.59. The van der Waals surface area contributed by atoms with Crippen LogP contribution in [0.15, 0.2) is 12.1 Å². The van der Waals surface area contributed by atoms with Crippen LogP contribution in [0.25, 0.3) is 0 Å². The van der Waals surface area contributed by atoms with Crippen LogP contribution in [-0.2, 0) is 10.0 Å². The Morgan fingerprint density at radius 3 is 1.95 bits per heavy atom. The molecule has 0 bridgehead atoms. The van der Waals surface area contributed by atoms with Crippen molar-refractivity contribution in [2.45, 2.75) is 38.6 Å². The van der Waals surface area contributed by atoms with Crippen molar-refractivity contribution in [3.8, 4) is 0 Å². The summed E-state index contributed by atoms with van der Waals surface area (Å²) in [5.41, 5.74) is 4.28. The van der Waals surface area contributed by atoms with Gasteiger partial charge in [0.1, 0.15) is 5.60 Å². The Balaban J connectivity index is 3.35. The Labute approximate surface area is 123 Å². The fourth-order valence-corrected chi connectivity index (χ4v) is 3.70. The Hall–Kier alpha value is -0.363. The van der Waals surface area contributed by atoms with E-state index in [0.29, 0.717) is 0 Å². The van der Waals surface area contributed by atoms with Crippen molar-refractivity contribution in [2.75, 3.05) is 5.73 Å². The number of alkyl halides is 2. The molecule has 1 atom stereocenters. The first-order valence-electron chi connectivity index (χ1n) is 5.70. The molecule has 0 spiro atoms. The van der Waals surface area contributed by atoms with E-state index in [2.05, 4.69) is 0 Å². The molecule has 2 N–H and O–H groups in total. The van der Waals surface area contributed by atoms with Crippen molar-refractivity contribution < 1.29 is 13.2 Å². The van der Waals surface area contributed by atoms with Gasteiger partial charge in [0.2, 0.25) is 0 Å². The van der Waals surface area contributed by atoms with Gasteiger partial charge in [-0.3, -0.25) is 0 Å². The van der Waals surface area contributed by atoms with E-state index in [1.54, 1.807) is 0 Å². The summed E-state index contributed by atoms with van der Waals surface area (Å²) in [7, 11) is -2.18. The van der Waals surface area contributed by atoms with Crippen LogP contribution in [0.4, 0.5) is 14.5 Å². The van der Waals surface area contributed by atoms with Crippen LogP contribution in [0.5, 0.6) is 0 Å². The summed E-state index contributed by atoms with van der Waals surface area (Å²) in [5, 5.41) is 0.294. The summed E-state index contributed by atoms with van der Waals surface area (Å²) < 4.78 is 32.5. The summed E-state index contributed by atoms with van der Waals surface area (Å²) >= 11 is 11.8. The van der Waals surface area contributed by atoms with E-state index in [-0.39, 0.29) is 21.3 Å². The highest BCUT2D eigenvalue weighted by Crippen LogP contribution is 2.39. The first kappa shape index (κ1) is 16.7. The number of rotatable bonds is 4. The van der Waals surface area contributed by atoms with Crippen molar-refractivity contribution in [1.82, 2.24) is 0 Å². The second-order valence-electron chi connectivity index (χ2n) is 5.48. The molecule has 0 fully saturated rings. The molecular weight excluding hydrogens is 311 g/mol. The molecule has 1 rings (SSSR count). The molecule has 0 aliphatic heterocycles. The van der Waals surface area contributed by atoms with E-state index in [4.69, 9.17) is 33.4 Å². The van der Waals surface area contributed by atoms with Crippen molar-refractivity contribution >= 4 is 37.2 Å². The number of halogens is 4. The first-order chi connectivity index (χ1) is 8.47. The third-order valence-corrected chi connectivity index (χ3v) is 4.25. The van der Waals surface area contributed by atoms with E-state index >= 15 is 0 Å². The topological polar surface area (TPSA) is 35.2 Å². The molecule has 1 aromatic rings. The zero-order valence-electron chi connectivity index (χ0n) is 11.2. The summed E-state index contributed by atoms with van der Waals surface area (Å²) in [6.45, 7) is 6.87. The molecule has 0 saturated carbocycles. The van der Waals surface area contributed by atoms with Crippen LogP contribution in [0.3, 0.4) is 0 Å². The van der Waals surface area contributed by atoms with Gasteiger partial charge in [0.25, 0.3) is 6.43 Å². The molecule has 0 aromatic heterocycles. The summed E-state index contributed by atoms with van der Waals surface area (Å²) in [5.74, 6) is 0. The fraction of sp³-hybridized carbons (Fsp3) is 0.500. The van der Waals surface area contributed by atoms with Crippen molar-refractivity contribution in [2.24, 2.45) is 0 Å². The lowest BCUT2D eigenvalue weighted by atomic mass is 9.96. The van der Waals surface area contributed by atoms with Crippen molar-refractivity contribution in [1.29, 1.82) is 0 Å². The molecule has 0 aliphatic rings. The van der Waals surface area contributed by atoms with Gasteiger partial charge in [-0.25, -0.2) is 8.78 Å². The maximum Gasteiger partial charge on any atom is 0.269 e. The van der Waals surface area contributed by atoms with Crippen LogP contribution in [0, 0.1) is 0 Å². The van der Waals surface area contributed by atoms with Crippen LogP contribution in [0.2, 0.25) is 29.7 Å². The number of hydrogen-bond acceptors (Lipinski definition) is 2. The van der Waals surface area contributed by atoms with E-state index < -0.39 is 20.3 Å². The van der Waals surface area contributed by atoms with Gasteiger partial charge in [0.15, 0.2) is 8.32 Å². The van der Waals surface area contributed by atoms with Gasteiger partial charge in [-0.2, -0.15) is 0 Å². The molecule has 19 heavy (non-hydrogen) atoms. The van der Waals surface area contributed by atoms with Crippen molar-refractivity contribution in [3.63, 3.8) is 0 Å². The van der Waals surface area contributed by atoms with Crippen molar-refractivity contribution in [3.05, 3.63) is 27.7 Å². The second kappa shape index (κ2) is 5.56. The van der Waals surface area contributed by atoms with Gasteiger partial charge in [-0.15, -0.1) is 0 Å². The molecule has 108 valence electrons. The number of nitrogens with two attached hydrogens (primary N) is 1. The van der Waals surface area contributed by atoms with E-state index in [0.717, 1.165) is 0 Å². The smallest absolute Gasteiger partial charge is 0.269 e. The molecule has 0 aliphatic carbocycles. The van der Waals surface area contributed by atoms with Gasteiger partial charge in [-0.1, -0.05) is 23.2 Å². The summed E-state index contributed by atoms with van der Waals surface area (Å²) in [6, 6.07) is 2.77. The number of nitrogen functional groups attached to an aromatic ring is 1. The molecule has 0 heterocycles. The zero-order valence-corrected chi connectivity index (χ0v) is 13.7. The predicted octanol–water partition coefficient (Wildman–Crippen LogP) is 4.91. The Kier molecular flexibility index (Phi) is 4.88. The third kappa shape index (κ3) is 3.81. The molecule has 2 nitrogen and oxygen atoms in total. The minimum absolute atomic E-state index is 0.147. The molecule has 1 unspecified atom stereocenters. The van der Waals surface area contributed by atoms with Gasteiger partial charge < -0.3 is 10.2 Å². The zero-order chi connectivity index (χ0) is 15.0. The highest BCUT2D eigenvalue weighted by molar-refractivity contribution is 6.69. The van der Waals surface area contributed by atoms with Crippen LogP contribution < -0.4 is 5.73 Å². The van der Waals surface area contributed by atoms with E-state index in [1.807, 2.05) is 19.6 Å². The maximum atomic E-state index is 13.4. The van der Waals surface area contributed by atoms with E-state index in [1.165, 1.54) is 19.1 Å². The highest BCUT2D eigenvalue weighted by atomic mass is 35.5. The SMILES string of the molecule is CC(O[Si](C)(C)C)(c1cc(Cl)c(N)c(Cl)c1)C(F)F. The average Bonchev–Trinajstić information content (AvgIpc) is 2.22. The van der Waals surface area contributed by atoms with E-state index in [9.17, 15) is 8.78 Å². The predicted molar refractivity (Wildman–Crippen MR) is 78.7 cm³/mol. The van der Waals surface area contributed by atoms with Gasteiger partial charge in [-0.05, 0) is 44.3 Å². The van der Waals surface area contributed by atoms with Gasteiger partial charge in [0.05, 0.1) is 15.7 Å². The van der Waals surface area contributed by atoms with Crippen LogP contribution >= 0.6 is 23.2 Å². The number of anilines is 1. The van der Waals surface area contributed by atoms with Crippen LogP contribution in [0.1, 0.15) is 12.5 Å². The lowest BCUT2D eigenvalue weighted by molar-refractivity contribution is -0.0746. The van der Waals surface area contributed by atoms with Gasteiger partial charge >= 0.3 is 0 Å². The quantitative estimate of drug-likeness (QED) is 0.630. The second-order valence-corrected chi connectivity index (χ2v) is 10.7. The molecular formula is C12H17Cl2F2NOSi. The van der Waals surface area contributed by atoms with Crippen LogP contribution in [-0.4, -0.2) is 14.7 Å². The molecule has 0 amide bonds. The fourth-order valence-electron chi connectivity index (χ4n) is 1.74. The minimum atomic E-state index is -2.70. The normalized spacial score (nSPS) is 15.6. The highest BCUT2D eigenvalue weighted by Gasteiger charge is 2.42. The standard InChI is InChI=1S/C12H17Cl2F2NOSi/c1-12(11(15)16,18-19(2,3)4)7-5-8(13)10(17)9(14)6-7/h5-6,11H,17H2,1-4H3. The Morgan fingerprint density at radius 2 is 1.63 bits per heavy atom.